The molecule has 1 saturated heterocycles. The summed E-state index contributed by atoms with van der Waals surface area (Å²) in [4.78, 5) is 40.1. The molecule has 0 aromatic heterocycles. The summed E-state index contributed by atoms with van der Waals surface area (Å²) in [6.45, 7) is 5.48. The number of ether oxygens (including phenoxy) is 1. The molecule has 32 heavy (non-hydrogen) atoms. The predicted molar refractivity (Wildman–Crippen MR) is 118 cm³/mol. The highest BCUT2D eigenvalue weighted by Gasteiger charge is 2.63. The van der Waals surface area contributed by atoms with Gasteiger partial charge in [-0.15, -0.1) is 0 Å². The van der Waals surface area contributed by atoms with Crippen LogP contribution in [-0.4, -0.2) is 29.7 Å². The summed E-state index contributed by atoms with van der Waals surface area (Å²) in [5, 5.41) is 8.94. The first-order valence-corrected chi connectivity index (χ1v) is 10.7. The maximum absolute atomic E-state index is 13.2. The quantitative estimate of drug-likeness (QED) is 0.411. The summed E-state index contributed by atoms with van der Waals surface area (Å²) >= 11 is 0. The van der Waals surface area contributed by atoms with Crippen LogP contribution in [0.5, 0.6) is 5.75 Å². The van der Waals surface area contributed by atoms with E-state index >= 15 is 0 Å². The summed E-state index contributed by atoms with van der Waals surface area (Å²) in [7, 11) is 1.52. The van der Waals surface area contributed by atoms with Gasteiger partial charge in [0.15, 0.2) is 0 Å². The number of hydrogen-bond acceptors (Lipinski definition) is 5. The minimum absolute atomic E-state index is 0.231. The minimum atomic E-state index is -0.944. The van der Waals surface area contributed by atoms with Crippen molar-refractivity contribution in [1.82, 2.24) is 4.90 Å². The van der Waals surface area contributed by atoms with Crippen LogP contribution < -0.4 is 4.74 Å². The van der Waals surface area contributed by atoms with E-state index in [2.05, 4.69) is 6.07 Å². The number of piperidine rings is 1. The zero-order chi connectivity index (χ0) is 23.3. The van der Waals surface area contributed by atoms with Crippen molar-refractivity contribution in [3.05, 3.63) is 54.1 Å². The van der Waals surface area contributed by atoms with E-state index in [-0.39, 0.29) is 11.8 Å². The van der Waals surface area contributed by atoms with Gasteiger partial charge in [-0.25, -0.2) is 0 Å². The first-order valence-electron chi connectivity index (χ1n) is 10.7. The van der Waals surface area contributed by atoms with E-state index in [9.17, 15) is 14.4 Å². The topological polar surface area (TPSA) is 87.5 Å². The highest BCUT2D eigenvalue weighted by Crippen LogP contribution is 2.58. The lowest BCUT2D eigenvalue weighted by molar-refractivity contribution is -0.181. The Morgan fingerprint density at radius 2 is 1.34 bits per heavy atom. The molecule has 2 aromatic rings. The van der Waals surface area contributed by atoms with Gasteiger partial charge in [0.2, 0.25) is 11.8 Å². The number of carbonyl (C=O) groups is 3. The average molecular weight is 431 g/mol. The molecular formula is C26H26N2O4. The number of carbonyl (C=O) groups excluding carboxylic acids is 3. The minimum Gasteiger partial charge on any atom is -0.426 e. The predicted octanol–water partition coefficient (Wildman–Crippen LogP) is 4.33. The van der Waals surface area contributed by atoms with Gasteiger partial charge in [-0.3, -0.25) is 19.3 Å². The molecule has 2 aromatic carbocycles. The van der Waals surface area contributed by atoms with E-state index in [0.717, 1.165) is 11.1 Å². The Balaban J connectivity index is 1.54. The summed E-state index contributed by atoms with van der Waals surface area (Å²) < 4.78 is 5.72. The second kappa shape index (κ2) is 7.30. The molecule has 2 atom stereocenters. The van der Waals surface area contributed by atoms with Crippen LogP contribution in [0.4, 0.5) is 0 Å². The highest BCUT2D eigenvalue weighted by molar-refractivity contribution is 6.04. The van der Waals surface area contributed by atoms with Gasteiger partial charge in [0.1, 0.15) is 5.75 Å². The number of fused-ring (bicyclic) bond motifs is 2. The summed E-state index contributed by atoms with van der Waals surface area (Å²) in [5.41, 5.74) is -0.00969. The lowest BCUT2D eigenvalue weighted by atomic mass is 9.52. The Morgan fingerprint density at radius 3 is 1.81 bits per heavy atom. The number of nitrogens with zero attached hydrogens (tertiary/aromatic N) is 2. The number of hydrogen-bond donors (Lipinski definition) is 0. The van der Waals surface area contributed by atoms with Crippen molar-refractivity contribution < 1.29 is 19.1 Å². The Hall–Kier alpha value is -3.46. The van der Waals surface area contributed by atoms with Gasteiger partial charge in [-0.1, -0.05) is 38.1 Å². The van der Waals surface area contributed by atoms with E-state index in [0.29, 0.717) is 30.6 Å². The van der Waals surface area contributed by atoms with Crippen molar-refractivity contribution in [1.29, 1.82) is 5.26 Å². The molecule has 0 spiro atoms. The van der Waals surface area contributed by atoms with Crippen LogP contribution in [0, 0.1) is 27.6 Å². The first kappa shape index (κ1) is 21.8. The molecule has 1 aliphatic heterocycles. The lowest BCUT2D eigenvalue weighted by Crippen LogP contribution is -2.63. The van der Waals surface area contributed by atoms with Crippen LogP contribution in [0.25, 0.3) is 11.1 Å². The number of rotatable bonds is 3. The SMILES string of the molecule is CN1C(=O)C2(C)CC(C)(C(=O)Oc3ccc(-c4ccc(C#N)cc4)cc3)CC(C)(C2)C1=O. The summed E-state index contributed by atoms with van der Waals surface area (Å²) in [6, 6.07) is 16.5. The van der Waals surface area contributed by atoms with Crippen molar-refractivity contribution in [3.8, 4) is 22.9 Å². The second-order valence-corrected chi connectivity index (χ2v) is 9.98. The van der Waals surface area contributed by atoms with E-state index in [1.54, 1.807) is 31.2 Å². The van der Waals surface area contributed by atoms with Gasteiger partial charge in [0.25, 0.3) is 0 Å². The van der Waals surface area contributed by atoms with Crippen LogP contribution in [0.2, 0.25) is 0 Å². The fourth-order valence-electron chi connectivity index (χ4n) is 5.80. The average Bonchev–Trinajstić information content (AvgIpc) is 2.76. The second-order valence-electron chi connectivity index (χ2n) is 9.98. The number of amides is 2. The molecule has 1 saturated carbocycles. The molecular weight excluding hydrogens is 404 g/mol. The van der Waals surface area contributed by atoms with Crippen LogP contribution in [0.15, 0.2) is 48.5 Å². The smallest absolute Gasteiger partial charge is 0.317 e. The van der Waals surface area contributed by atoms with Crippen molar-refractivity contribution in [3.63, 3.8) is 0 Å². The summed E-state index contributed by atoms with van der Waals surface area (Å²) in [6.07, 6.45) is 1.13. The lowest BCUT2D eigenvalue weighted by Gasteiger charge is -2.55. The third kappa shape index (κ3) is 3.48. The maximum Gasteiger partial charge on any atom is 0.317 e. The molecule has 1 aliphatic carbocycles. The third-order valence-electron chi connectivity index (χ3n) is 6.89. The number of nitriles is 1. The van der Waals surface area contributed by atoms with Crippen LogP contribution in [0.3, 0.4) is 0 Å². The zero-order valence-corrected chi connectivity index (χ0v) is 18.8. The number of esters is 1. The molecule has 2 bridgehead atoms. The van der Waals surface area contributed by atoms with Gasteiger partial charge in [-0.05, 0) is 61.6 Å². The molecule has 164 valence electrons. The number of benzene rings is 2. The number of imide groups is 1. The fourth-order valence-corrected chi connectivity index (χ4v) is 5.80. The normalized spacial score (nSPS) is 29.4. The monoisotopic (exact) mass is 430 g/mol. The van der Waals surface area contributed by atoms with Crippen molar-refractivity contribution in [2.24, 2.45) is 16.2 Å². The number of likely N-dealkylation sites (tertiary alicyclic amines) is 1. The van der Waals surface area contributed by atoms with Gasteiger partial charge >= 0.3 is 5.97 Å². The van der Waals surface area contributed by atoms with Crippen LogP contribution in [0.1, 0.15) is 45.6 Å². The zero-order valence-electron chi connectivity index (χ0n) is 18.8. The van der Waals surface area contributed by atoms with Gasteiger partial charge in [-0.2, -0.15) is 5.26 Å². The summed E-state index contributed by atoms with van der Waals surface area (Å²) in [5.74, 6) is -0.476. The first-order chi connectivity index (χ1) is 15.0. The largest absolute Gasteiger partial charge is 0.426 e. The molecule has 0 radical (unpaired) electrons. The molecule has 2 fully saturated rings. The van der Waals surface area contributed by atoms with Gasteiger partial charge < -0.3 is 4.74 Å². The van der Waals surface area contributed by atoms with E-state index < -0.39 is 22.2 Å². The molecule has 6 nitrogen and oxygen atoms in total. The third-order valence-corrected chi connectivity index (χ3v) is 6.89. The molecule has 1 heterocycles. The fraction of sp³-hybridized carbons (Fsp3) is 0.385. The van der Waals surface area contributed by atoms with Crippen LogP contribution >= 0.6 is 0 Å². The Kier molecular flexibility index (Phi) is 4.97. The Morgan fingerprint density at radius 1 is 0.875 bits per heavy atom. The standard InChI is InChI=1S/C26H26N2O4/c1-24-14-25(2,22(30)28(4)21(24)29)16-26(3,15-24)23(31)32-20-11-9-19(10-12-20)18-7-5-17(13-27)6-8-18/h5-12H,14-16H2,1-4H3. The van der Waals surface area contributed by atoms with E-state index in [1.807, 2.05) is 38.1 Å². The Labute approximate surface area is 187 Å². The highest BCUT2D eigenvalue weighted by atomic mass is 16.5. The van der Waals surface area contributed by atoms with Gasteiger partial charge in [0, 0.05) is 17.9 Å². The van der Waals surface area contributed by atoms with Crippen molar-refractivity contribution in [2.75, 3.05) is 7.05 Å². The van der Waals surface area contributed by atoms with Crippen LogP contribution in [-0.2, 0) is 14.4 Å². The molecule has 2 amide bonds. The maximum atomic E-state index is 13.2. The Bertz CT molecular complexity index is 1120. The molecule has 6 heteroatoms. The molecule has 2 unspecified atom stereocenters. The molecule has 0 N–H and O–H groups in total. The molecule has 4 rings (SSSR count). The van der Waals surface area contributed by atoms with E-state index in [1.165, 1.54) is 11.9 Å². The van der Waals surface area contributed by atoms with Crippen molar-refractivity contribution >= 4 is 17.8 Å². The van der Waals surface area contributed by atoms with Gasteiger partial charge in [0.05, 0.1) is 17.0 Å². The molecule has 2 aliphatic rings. The van der Waals surface area contributed by atoms with Crippen molar-refractivity contribution in [2.45, 2.75) is 40.0 Å². The van der Waals surface area contributed by atoms with E-state index in [4.69, 9.17) is 10.00 Å².